The van der Waals surface area contributed by atoms with Crippen molar-refractivity contribution in [1.29, 1.82) is 0 Å². The molecule has 16 heavy (non-hydrogen) atoms. The monoisotopic (exact) mass is 217 g/mol. The molecule has 1 aliphatic carbocycles. The van der Waals surface area contributed by atoms with Gasteiger partial charge in [0.2, 0.25) is 0 Å². The Morgan fingerprint density at radius 3 is 2.19 bits per heavy atom. The summed E-state index contributed by atoms with van der Waals surface area (Å²) in [5, 5.41) is 3.58. The lowest BCUT2D eigenvalue weighted by Gasteiger charge is -2.19. The fraction of sp³-hybridized carbons (Fsp3) is 0.600. The summed E-state index contributed by atoms with van der Waals surface area (Å²) in [4.78, 5) is 0. The molecular formula is C15H23N. The summed E-state index contributed by atoms with van der Waals surface area (Å²) in [6, 6.07) is 9.78. The van der Waals surface area contributed by atoms with E-state index in [4.69, 9.17) is 0 Å². The summed E-state index contributed by atoms with van der Waals surface area (Å²) in [7, 11) is 0. The molecule has 1 N–H and O–H groups in total. The van der Waals surface area contributed by atoms with E-state index in [9.17, 15) is 0 Å². The van der Waals surface area contributed by atoms with Gasteiger partial charge in [-0.3, -0.25) is 0 Å². The molecule has 1 aromatic rings. The molecule has 1 aliphatic rings. The van der Waals surface area contributed by atoms with Crippen molar-refractivity contribution in [3.63, 3.8) is 0 Å². The van der Waals surface area contributed by atoms with Gasteiger partial charge in [-0.1, -0.05) is 52.0 Å². The van der Waals surface area contributed by atoms with Gasteiger partial charge >= 0.3 is 0 Å². The Morgan fingerprint density at radius 2 is 1.75 bits per heavy atom. The minimum atomic E-state index is 0.261. The van der Waals surface area contributed by atoms with Crippen molar-refractivity contribution in [3.8, 4) is 0 Å². The van der Waals surface area contributed by atoms with E-state index in [1.54, 1.807) is 0 Å². The molecule has 1 nitrogen and oxygen atoms in total. The molecule has 2 unspecified atom stereocenters. The van der Waals surface area contributed by atoms with E-state index in [1.165, 1.54) is 17.5 Å². The molecule has 2 atom stereocenters. The molecule has 1 heteroatoms. The average molecular weight is 217 g/mol. The summed E-state index contributed by atoms with van der Waals surface area (Å²) in [6.07, 6.45) is 1.35. The smallest absolute Gasteiger partial charge is 0.0208 e. The first-order valence-electron chi connectivity index (χ1n) is 6.29. The van der Waals surface area contributed by atoms with Gasteiger partial charge in [0.25, 0.3) is 0 Å². The quantitative estimate of drug-likeness (QED) is 0.817. The van der Waals surface area contributed by atoms with Crippen molar-refractivity contribution in [1.82, 2.24) is 5.32 Å². The van der Waals surface area contributed by atoms with E-state index in [1.807, 2.05) is 0 Å². The topological polar surface area (TPSA) is 12.0 Å². The first-order chi connectivity index (χ1) is 7.47. The predicted octanol–water partition coefficient (Wildman–Crippen LogP) is 3.48. The summed E-state index contributed by atoms with van der Waals surface area (Å²) in [6.45, 7) is 10.1. The van der Waals surface area contributed by atoms with Crippen molar-refractivity contribution >= 4 is 0 Å². The highest BCUT2D eigenvalue weighted by atomic mass is 15.0. The minimum Gasteiger partial charge on any atom is -0.310 e. The lowest BCUT2D eigenvalue weighted by molar-refractivity contribution is 0.589. The van der Waals surface area contributed by atoms with Gasteiger partial charge in [-0.25, -0.2) is 0 Å². The number of rotatable bonds is 3. The van der Waals surface area contributed by atoms with Crippen LogP contribution in [0.3, 0.4) is 0 Å². The Bertz CT molecular complexity index is 345. The Balaban J connectivity index is 1.91. The van der Waals surface area contributed by atoms with Gasteiger partial charge in [0.15, 0.2) is 0 Å². The average Bonchev–Trinajstić information content (AvgIpc) is 2.91. The third-order valence-corrected chi connectivity index (χ3v) is 3.50. The van der Waals surface area contributed by atoms with Crippen LogP contribution in [-0.4, -0.2) is 6.04 Å². The molecule has 0 heterocycles. The molecule has 0 aliphatic heterocycles. The predicted molar refractivity (Wildman–Crippen MR) is 69.6 cm³/mol. The first kappa shape index (κ1) is 11.7. The van der Waals surface area contributed by atoms with Crippen molar-refractivity contribution in [2.75, 3.05) is 0 Å². The van der Waals surface area contributed by atoms with E-state index in [2.05, 4.69) is 57.3 Å². The van der Waals surface area contributed by atoms with Crippen LogP contribution in [0.5, 0.6) is 0 Å². The van der Waals surface area contributed by atoms with E-state index in [0.29, 0.717) is 0 Å². The second-order valence-corrected chi connectivity index (χ2v) is 6.15. The van der Waals surface area contributed by atoms with Crippen molar-refractivity contribution < 1.29 is 0 Å². The minimum absolute atomic E-state index is 0.261. The maximum Gasteiger partial charge on any atom is 0.0208 e. The normalized spacial score (nSPS) is 24.5. The van der Waals surface area contributed by atoms with Gasteiger partial charge in [-0.05, 0) is 28.9 Å². The van der Waals surface area contributed by atoms with Crippen LogP contribution in [0, 0.1) is 5.92 Å². The van der Waals surface area contributed by atoms with Gasteiger partial charge in [-0.2, -0.15) is 0 Å². The zero-order valence-electron chi connectivity index (χ0n) is 10.9. The molecule has 1 saturated carbocycles. The number of benzene rings is 1. The fourth-order valence-electron chi connectivity index (χ4n) is 1.98. The van der Waals surface area contributed by atoms with E-state index in [0.717, 1.165) is 18.5 Å². The van der Waals surface area contributed by atoms with Gasteiger partial charge in [-0.15, -0.1) is 0 Å². The SMILES string of the molecule is CC1CC1NCc1ccc(C(C)(C)C)cc1. The summed E-state index contributed by atoms with van der Waals surface area (Å²) < 4.78 is 0. The van der Waals surface area contributed by atoms with Crippen molar-refractivity contribution in [3.05, 3.63) is 35.4 Å². The maximum absolute atomic E-state index is 3.58. The summed E-state index contributed by atoms with van der Waals surface area (Å²) in [5.74, 6) is 0.883. The number of hydrogen-bond acceptors (Lipinski definition) is 1. The van der Waals surface area contributed by atoms with Crippen molar-refractivity contribution in [2.24, 2.45) is 5.92 Å². The van der Waals surface area contributed by atoms with Crippen LogP contribution in [0.4, 0.5) is 0 Å². The van der Waals surface area contributed by atoms with E-state index < -0.39 is 0 Å². The summed E-state index contributed by atoms with van der Waals surface area (Å²) >= 11 is 0. The van der Waals surface area contributed by atoms with Gasteiger partial charge in [0, 0.05) is 12.6 Å². The second-order valence-electron chi connectivity index (χ2n) is 6.15. The van der Waals surface area contributed by atoms with Gasteiger partial charge in [0.05, 0.1) is 0 Å². The first-order valence-corrected chi connectivity index (χ1v) is 6.29. The number of hydrogen-bond donors (Lipinski definition) is 1. The van der Waals surface area contributed by atoms with Crippen molar-refractivity contribution in [2.45, 2.75) is 52.1 Å². The lowest BCUT2D eigenvalue weighted by atomic mass is 9.87. The molecule has 2 rings (SSSR count). The molecule has 1 fully saturated rings. The highest BCUT2D eigenvalue weighted by Crippen LogP contribution is 2.29. The molecule has 1 aromatic carbocycles. The standard InChI is InChI=1S/C15H23N/c1-11-9-14(11)16-10-12-5-7-13(8-6-12)15(2,3)4/h5-8,11,14,16H,9-10H2,1-4H3. The van der Waals surface area contributed by atoms with Crippen LogP contribution in [0.2, 0.25) is 0 Å². The molecule has 0 spiro atoms. The van der Waals surface area contributed by atoms with E-state index >= 15 is 0 Å². The molecule has 0 saturated heterocycles. The highest BCUT2D eigenvalue weighted by molar-refractivity contribution is 5.27. The largest absolute Gasteiger partial charge is 0.310 e. The Hall–Kier alpha value is -0.820. The lowest BCUT2D eigenvalue weighted by Crippen LogP contribution is -2.17. The van der Waals surface area contributed by atoms with Gasteiger partial charge < -0.3 is 5.32 Å². The molecule has 88 valence electrons. The third kappa shape index (κ3) is 2.85. The second kappa shape index (κ2) is 4.21. The highest BCUT2D eigenvalue weighted by Gasteiger charge is 2.31. The zero-order chi connectivity index (χ0) is 11.8. The Labute approximate surface area is 99.3 Å². The molecule has 0 bridgehead atoms. The molecule has 0 radical (unpaired) electrons. The third-order valence-electron chi connectivity index (χ3n) is 3.50. The maximum atomic E-state index is 3.58. The van der Waals surface area contributed by atoms with Crippen LogP contribution in [0.1, 0.15) is 45.2 Å². The van der Waals surface area contributed by atoms with Crippen LogP contribution in [0.15, 0.2) is 24.3 Å². The van der Waals surface area contributed by atoms with Crippen LogP contribution in [-0.2, 0) is 12.0 Å². The number of nitrogens with one attached hydrogen (secondary N) is 1. The zero-order valence-corrected chi connectivity index (χ0v) is 10.9. The van der Waals surface area contributed by atoms with Gasteiger partial charge in [0.1, 0.15) is 0 Å². The molecular weight excluding hydrogens is 194 g/mol. The van der Waals surface area contributed by atoms with Crippen LogP contribution >= 0.6 is 0 Å². The molecule has 0 aromatic heterocycles. The van der Waals surface area contributed by atoms with Crippen LogP contribution < -0.4 is 5.32 Å². The van der Waals surface area contributed by atoms with Crippen LogP contribution in [0.25, 0.3) is 0 Å². The van der Waals surface area contributed by atoms with E-state index in [-0.39, 0.29) is 5.41 Å². The summed E-state index contributed by atoms with van der Waals surface area (Å²) in [5.41, 5.74) is 3.07. The molecule has 0 amide bonds. The Morgan fingerprint density at radius 1 is 1.19 bits per heavy atom. The Kier molecular flexibility index (Phi) is 3.07. The fourth-order valence-corrected chi connectivity index (χ4v) is 1.98.